The number of rotatable bonds is 4. The molecule has 0 aliphatic carbocycles. The number of aliphatic imine (C=N–C) groups is 1. The molecule has 0 amide bonds. The maximum Gasteiger partial charge on any atom is 0.191 e. The van der Waals surface area contributed by atoms with E-state index in [1.54, 1.807) is 0 Å². The van der Waals surface area contributed by atoms with E-state index in [1.165, 1.54) is 31.4 Å². The second-order valence-corrected chi connectivity index (χ2v) is 5.40. The van der Waals surface area contributed by atoms with Gasteiger partial charge in [-0.15, -0.1) is 24.0 Å². The second kappa shape index (κ2) is 9.87. The largest absolute Gasteiger partial charge is 0.373 e. The fraction of sp³-hybridized carbons (Fsp3) is 0.562. The van der Waals surface area contributed by atoms with Gasteiger partial charge in [0.1, 0.15) is 0 Å². The standard InChI is InChI=1S/C16H26N4.HI/c1-19(15-9-5-4-6-10-15)14-11-18-16(17)20-12-7-2-3-8-13-20;/h4-6,9-10H,2-3,7-8,11-14H2,1H3,(H2,17,18);1H. The molecule has 1 aromatic rings. The molecule has 21 heavy (non-hydrogen) atoms. The molecule has 0 saturated carbocycles. The van der Waals surface area contributed by atoms with E-state index in [9.17, 15) is 0 Å². The van der Waals surface area contributed by atoms with Gasteiger partial charge in [0.25, 0.3) is 0 Å². The zero-order valence-electron chi connectivity index (χ0n) is 12.9. The minimum atomic E-state index is 0. The maximum absolute atomic E-state index is 6.10. The van der Waals surface area contributed by atoms with Gasteiger partial charge in [0.05, 0.1) is 6.54 Å². The molecule has 4 nitrogen and oxygen atoms in total. The normalized spacial score (nSPS) is 16.0. The van der Waals surface area contributed by atoms with E-state index >= 15 is 0 Å². The van der Waals surface area contributed by atoms with Crippen molar-refractivity contribution in [2.75, 3.05) is 38.1 Å². The highest BCUT2D eigenvalue weighted by molar-refractivity contribution is 14.0. The summed E-state index contributed by atoms with van der Waals surface area (Å²) in [7, 11) is 2.09. The molecule has 0 atom stereocenters. The number of likely N-dealkylation sites (tertiary alicyclic amines) is 1. The van der Waals surface area contributed by atoms with Crippen molar-refractivity contribution in [3.63, 3.8) is 0 Å². The molecule has 5 heteroatoms. The Labute approximate surface area is 145 Å². The molecular weight excluding hydrogens is 375 g/mol. The lowest BCUT2D eigenvalue weighted by Gasteiger charge is -2.22. The topological polar surface area (TPSA) is 44.9 Å². The Balaban J connectivity index is 0.00000220. The van der Waals surface area contributed by atoms with Gasteiger partial charge in [-0.1, -0.05) is 31.0 Å². The molecule has 1 aliphatic rings. The van der Waals surface area contributed by atoms with Crippen molar-refractivity contribution >= 4 is 35.6 Å². The van der Waals surface area contributed by atoms with Gasteiger partial charge in [-0.3, -0.25) is 4.99 Å². The zero-order chi connectivity index (χ0) is 14.2. The summed E-state index contributed by atoms with van der Waals surface area (Å²) in [6, 6.07) is 10.4. The van der Waals surface area contributed by atoms with Crippen molar-refractivity contribution < 1.29 is 0 Å². The van der Waals surface area contributed by atoms with E-state index in [-0.39, 0.29) is 24.0 Å². The van der Waals surface area contributed by atoms with Crippen LogP contribution in [0.4, 0.5) is 5.69 Å². The molecule has 0 spiro atoms. The number of hydrogen-bond donors (Lipinski definition) is 1. The summed E-state index contributed by atoms with van der Waals surface area (Å²) >= 11 is 0. The van der Waals surface area contributed by atoms with Crippen molar-refractivity contribution in [2.45, 2.75) is 25.7 Å². The van der Waals surface area contributed by atoms with E-state index < -0.39 is 0 Å². The maximum atomic E-state index is 6.10. The lowest BCUT2D eigenvalue weighted by Crippen LogP contribution is -2.38. The number of likely N-dealkylation sites (N-methyl/N-ethyl adjacent to an activating group) is 1. The summed E-state index contributed by atoms with van der Waals surface area (Å²) in [6.07, 6.45) is 5.11. The van der Waals surface area contributed by atoms with Gasteiger partial charge in [-0.2, -0.15) is 0 Å². The Morgan fingerprint density at radius 3 is 2.38 bits per heavy atom. The number of anilines is 1. The fourth-order valence-corrected chi connectivity index (χ4v) is 2.53. The van der Waals surface area contributed by atoms with Gasteiger partial charge in [0.15, 0.2) is 5.96 Å². The van der Waals surface area contributed by atoms with Gasteiger partial charge in [0, 0.05) is 32.4 Å². The number of para-hydroxylation sites is 1. The van der Waals surface area contributed by atoms with Crippen LogP contribution in [-0.2, 0) is 0 Å². The highest BCUT2D eigenvalue weighted by Gasteiger charge is 2.10. The summed E-state index contributed by atoms with van der Waals surface area (Å²) in [6.45, 7) is 3.75. The van der Waals surface area contributed by atoms with Crippen LogP contribution in [0.5, 0.6) is 0 Å². The van der Waals surface area contributed by atoms with Crippen LogP contribution in [0.25, 0.3) is 0 Å². The summed E-state index contributed by atoms with van der Waals surface area (Å²) in [5, 5.41) is 0. The quantitative estimate of drug-likeness (QED) is 0.479. The van der Waals surface area contributed by atoms with Crippen molar-refractivity contribution in [3.05, 3.63) is 30.3 Å². The monoisotopic (exact) mass is 402 g/mol. The average Bonchev–Trinajstić information content (AvgIpc) is 2.77. The minimum Gasteiger partial charge on any atom is -0.373 e. The van der Waals surface area contributed by atoms with E-state index in [1.807, 2.05) is 6.07 Å². The third-order valence-electron chi connectivity index (χ3n) is 3.84. The number of benzene rings is 1. The van der Waals surface area contributed by atoms with Gasteiger partial charge in [-0.25, -0.2) is 0 Å². The molecule has 0 bridgehead atoms. The Morgan fingerprint density at radius 2 is 1.76 bits per heavy atom. The molecule has 1 saturated heterocycles. The van der Waals surface area contributed by atoms with Crippen LogP contribution >= 0.6 is 24.0 Å². The van der Waals surface area contributed by atoms with E-state index in [0.717, 1.165) is 26.2 Å². The molecule has 2 rings (SSSR count). The van der Waals surface area contributed by atoms with Crippen LogP contribution in [-0.4, -0.2) is 44.1 Å². The minimum absolute atomic E-state index is 0. The van der Waals surface area contributed by atoms with E-state index in [0.29, 0.717) is 5.96 Å². The first-order valence-electron chi connectivity index (χ1n) is 7.58. The molecule has 1 heterocycles. The third kappa shape index (κ3) is 6.11. The van der Waals surface area contributed by atoms with Crippen molar-refractivity contribution in [2.24, 2.45) is 10.7 Å². The molecule has 0 radical (unpaired) electrons. The first-order valence-corrected chi connectivity index (χ1v) is 7.58. The lowest BCUT2D eigenvalue weighted by molar-refractivity contribution is 0.428. The number of halogens is 1. The molecule has 2 N–H and O–H groups in total. The summed E-state index contributed by atoms with van der Waals surface area (Å²) < 4.78 is 0. The van der Waals surface area contributed by atoms with Gasteiger partial charge in [-0.05, 0) is 25.0 Å². The first-order chi connectivity index (χ1) is 9.77. The third-order valence-corrected chi connectivity index (χ3v) is 3.84. The van der Waals surface area contributed by atoms with Crippen LogP contribution < -0.4 is 10.6 Å². The lowest BCUT2D eigenvalue weighted by atomic mass is 10.2. The zero-order valence-corrected chi connectivity index (χ0v) is 15.2. The second-order valence-electron chi connectivity index (χ2n) is 5.40. The number of hydrogen-bond acceptors (Lipinski definition) is 2. The molecular formula is C16H27IN4. The Bertz CT molecular complexity index is 414. The van der Waals surface area contributed by atoms with Crippen LogP contribution in [0, 0.1) is 0 Å². The predicted molar refractivity (Wildman–Crippen MR) is 102 cm³/mol. The van der Waals surface area contributed by atoms with Crippen LogP contribution in [0.1, 0.15) is 25.7 Å². The molecule has 118 valence electrons. The molecule has 1 aromatic carbocycles. The SMILES string of the molecule is CN(CCN=C(N)N1CCCCCC1)c1ccccc1.I. The first kappa shape index (κ1) is 18.1. The van der Waals surface area contributed by atoms with Crippen molar-refractivity contribution in [3.8, 4) is 0 Å². The summed E-state index contributed by atoms with van der Waals surface area (Å²) in [5.41, 5.74) is 7.32. The van der Waals surface area contributed by atoms with Crippen LogP contribution in [0.15, 0.2) is 35.3 Å². The Kier molecular flexibility index (Phi) is 8.49. The number of nitrogens with two attached hydrogens (primary N) is 1. The van der Waals surface area contributed by atoms with E-state index in [4.69, 9.17) is 5.73 Å². The van der Waals surface area contributed by atoms with Gasteiger partial charge >= 0.3 is 0 Å². The van der Waals surface area contributed by atoms with Crippen LogP contribution in [0.2, 0.25) is 0 Å². The molecule has 0 unspecified atom stereocenters. The average molecular weight is 402 g/mol. The smallest absolute Gasteiger partial charge is 0.191 e. The Hall–Kier alpha value is -0.980. The fourth-order valence-electron chi connectivity index (χ4n) is 2.53. The molecule has 1 aliphatic heterocycles. The van der Waals surface area contributed by atoms with Crippen molar-refractivity contribution in [1.29, 1.82) is 0 Å². The molecule has 1 fully saturated rings. The van der Waals surface area contributed by atoms with Gasteiger partial charge < -0.3 is 15.5 Å². The summed E-state index contributed by atoms with van der Waals surface area (Å²) in [5.74, 6) is 0.716. The highest BCUT2D eigenvalue weighted by atomic mass is 127. The number of nitrogens with zero attached hydrogens (tertiary/aromatic N) is 3. The number of guanidine groups is 1. The Morgan fingerprint density at radius 1 is 1.14 bits per heavy atom. The highest BCUT2D eigenvalue weighted by Crippen LogP contribution is 2.11. The predicted octanol–water partition coefficient (Wildman–Crippen LogP) is 2.93. The van der Waals surface area contributed by atoms with Gasteiger partial charge in [0.2, 0.25) is 0 Å². The van der Waals surface area contributed by atoms with Crippen molar-refractivity contribution in [1.82, 2.24) is 4.90 Å². The van der Waals surface area contributed by atoms with Crippen LogP contribution in [0.3, 0.4) is 0 Å². The summed E-state index contributed by atoms with van der Waals surface area (Å²) in [4.78, 5) is 8.97. The van der Waals surface area contributed by atoms with E-state index in [2.05, 4.69) is 46.1 Å². The molecule has 0 aromatic heterocycles.